The highest BCUT2D eigenvalue weighted by Gasteiger charge is 2.19. The molecule has 0 aliphatic heterocycles. The number of fused-ring (bicyclic) bond motifs is 3. The van der Waals surface area contributed by atoms with E-state index < -0.39 is 24.0 Å². The highest BCUT2D eigenvalue weighted by atomic mass is 16.4. The Bertz CT molecular complexity index is 1000. The van der Waals surface area contributed by atoms with Crippen molar-refractivity contribution in [3.8, 4) is 0 Å². The monoisotopic (exact) mass is 343 g/mol. The Morgan fingerprint density at radius 1 is 1.32 bits per heavy atom. The van der Waals surface area contributed by atoms with Crippen molar-refractivity contribution in [1.29, 1.82) is 0 Å². The molecular weight excluding hydrogens is 326 g/mol. The smallest absolute Gasteiger partial charge is 0.323 e. The Morgan fingerprint density at radius 2 is 2.08 bits per heavy atom. The van der Waals surface area contributed by atoms with Crippen LogP contribution in [0.2, 0.25) is 0 Å². The van der Waals surface area contributed by atoms with E-state index in [1.54, 1.807) is 18.2 Å². The molecule has 0 fully saturated rings. The van der Waals surface area contributed by atoms with Gasteiger partial charge in [0.1, 0.15) is 24.2 Å². The predicted molar refractivity (Wildman–Crippen MR) is 90.3 cm³/mol. The molecule has 1 N–H and O–H groups in total. The lowest BCUT2D eigenvalue weighted by Crippen LogP contribution is -2.40. The maximum atomic E-state index is 12.6. The molecule has 130 valence electrons. The van der Waals surface area contributed by atoms with Gasteiger partial charge in [-0.2, -0.15) is 0 Å². The second kappa shape index (κ2) is 6.76. The van der Waals surface area contributed by atoms with Gasteiger partial charge in [0.2, 0.25) is 11.5 Å². The lowest BCUT2D eigenvalue weighted by atomic mass is 10.2. The first-order valence-corrected chi connectivity index (χ1v) is 7.87. The molecule has 2 heterocycles. The van der Waals surface area contributed by atoms with Crippen molar-refractivity contribution >= 4 is 33.9 Å². The summed E-state index contributed by atoms with van der Waals surface area (Å²) in [6.07, 6.45) is 1.91. The van der Waals surface area contributed by atoms with E-state index >= 15 is 0 Å². The van der Waals surface area contributed by atoms with Crippen LogP contribution in [0.25, 0.3) is 22.1 Å². The minimum absolute atomic E-state index is 0.0803. The van der Waals surface area contributed by atoms with Crippen LogP contribution in [0, 0.1) is 0 Å². The molecular formula is C17H17N3O5. The molecule has 0 saturated carbocycles. The molecule has 0 aliphatic carbocycles. The molecule has 0 bridgehead atoms. The zero-order valence-corrected chi connectivity index (χ0v) is 13.6. The van der Waals surface area contributed by atoms with Crippen LogP contribution in [0.1, 0.15) is 13.3 Å². The topological polar surface area (TPSA) is 106 Å². The molecule has 2 aromatic heterocycles. The average Bonchev–Trinajstić information content (AvgIpc) is 2.96. The number of para-hydroxylation sites is 1. The van der Waals surface area contributed by atoms with Crippen LogP contribution >= 0.6 is 0 Å². The molecule has 1 aromatic carbocycles. The third-order valence-electron chi connectivity index (χ3n) is 3.83. The minimum atomic E-state index is -1.10. The highest BCUT2D eigenvalue weighted by Crippen LogP contribution is 2.23. The number of rotatable bonds is 6. The van der Waals surface area contributed by atoms with Gasteiger partial charge in [0.15, 0.2) is 0 Å². The number of aliphatic carboxylic acids is 1. The molecule has 3 aromatic rings. The lowest BCUT2D eigenvalue weighted by Gasteiger charge is -2.20. The number of aromatic nitrogens is 2. The number of benzene rings is 1. The van der Waals surface area contributed by atoms with Crippen molar-refractivity contribution in [3.05, 3.63) is 40.9 Å². The van der Waals surface area contributed by atoms with E-state index in [1.165, 1.54) is 11.2 Å². The Kier molecular flexibility index (Phi) is 4.51. The number of carbonyl (C=O) groups is 2. The van der Waals surface area contributed by atoms with E-state index in [0.29, 0.717) is 24.1 Å². The van der Waals surface area contributed by atoms with Crippen molar-refractivity contribution in [2.75, 3.05) is 13.1 Å². The first-order chi connectivity index (χ1) is 12.0. The third kappa shape index (κ3) is 3.23. The van der Waals surface area contributed by atoms with Crippen molar-refractivity contribution in [1.82, 2.24) is 14.5 Å². The second-order valence-corrected chi connectivity index (χ2v) is 5.66. The van der Waals surface area contributed by atoms with Crippen molar-refractivity contribution in [2.24, 2.45) is 0 Å². The number of carboxylic acids is 1. The van der Waals surface area contributed by atoms with Crippen molar-refractivity contribution in [3.63, 3.8) is 0 Å². The summed E-state index contributed by atoms with van der Waals surface area (Å²) in [5.41, 5.74) is 0.600. The van der Waals surface area contributed by atoms with Crippen LogP contribution in [-0.4, -0.2) is 44.5 Å². The SMILES string of the molecule is CCCN(CC(=O)O)C(=O)Cn1cnc2c(oc3ccccc32)c1=O. The van der Waals surface area contributed by atoms with E-state index in [-0.39, 0.29) is 12.1 Å². The highest BCUT2D eigenvalue weighted by molar-refractivity contribution is 6.01. The second-order valence-electron chi connectivity index (χ2n) is 5.66. The number of amides is 1. The van der Waals surface area contributed by atoms with Crippen molar-refractivity contribution < 1.29 is 19.1 Å². The van der Waals surface area contributed by atoms with Crippen molar-refractivity contribution in [2.45, 2.75) is 19.9 Å². The largest absolute Gasteiger partial charge is 0.480 e. The van der Waals surface area contributed by atoms with Gasteiger partial charge >= 0.3 is 5.97 Å². The quantitative estimate of drug-likeness (QED) is 0.726. The molecule has 8 heteroatoms. The van der Waals surface area contributed by atoms with Gasteiger partial charge in [0, 0.05) is 11.9 Å². The number of hydrogen-bond donors (Lipinski definition) is 1. The van der Waals surface area contributed by atoms with Gasteiger partial charge in [-0.3, -0.25) is 19.0 Å². The van der Waals surface area contributed by atoms with Crippen LogP contribution in [0.15, 0.2) is 39.8 Å². The third-order valence-corrected chi connectivity index (χ3v) is 3.83. The van der Waals surface area contributed by atoms with Gasteiger partial charge in [-0.25, -0.2) is 4.98 Å². The molecule has 25 heavy (non-hydrogen) atoms. The summed E-state index contributed by atoms with van der Waals surface area (Å²) < 4.78 is 6.70. The first-order valence-electron chi connectivity index (χ1n) is 7.87. The van der Waals surface area contributed by atoms with Gasteiger partial charge in [-0.05, 0) is 18.6 Å². The Hall–Kier alpha value is -3.16. The summed E-state index contributed by atoms with van der Waals surface area (Å²) in [7, 11) is 0. The summed E-state index contributed by atoms with van der Waals surface area (Å²) >= 11 is 0. The first kappa shape index (κ1) is 16.7. The van der Waals surface area contributed by atoms with Crippen LogP contribution < -0.4 is 5.56 Å². The number of furan rings is 1. The fourth-order valence-electron chi connectivity index (χ4n) is 2.70. The molecule has 0 spiro atoms. The molecule has 3 rings (SSSR count). The van der Waals surface area contributed by atoms with E-state index in [0.717, 1.165) is 9.95 Å². The molecule has 0 radical (unpaired) electrons. The van der Waals surface area contributed by atoms with Gasteiger partial charge < -0.3 is 14.4 Å². The van der Waals surface area contributed by atoms with E-state index in [2.05, 4.69) is 4.98 Å². The number of carbonyl (C=O) groups excluding carboxylic acids is 1. The normalized spacial score (nSPS) is 11.1. The van der Waals surface area contributed by atoms with Gasteiger partial charge in [0.05, 0.1) is 6.33 Å². The number of carboxylic acid groups (broad SMARTS) is 1. The summed E-state index contributed by atoms with van der Waals surface area (Å²) in [5.74, 6) is -1.55. The molecule has 0 atom stereocenters. The summed E-state index contributed by atoms with van der Waals surface area (Å²) in [6, 6.07) is 7.16. The number of hydrogen-bond acceptors (Lipinski definition) is 5. The number of nitrogens with zero attached hydrogens (tertiary/aromatic N) is 3. The fraction of sp³-hybridized carbons (Fsp3) is 0.294. The maximum Gasteiger partial charge on any atom is 0.323 e. The Labute approximate surface area is 142 Å². The van der Waals surface area contributed by atoms with E-state index in [4.69, 9.17) is 9.52 Å². The molecule has 0 aliphatic rings. The molecule has 1 amide bonds. The Balaban J connectivity index is 1.94. The fourth-order valence-corrected chi connectivity index (χ4v) is 2.70. The zero-order chi connectivity index (χ0) is 18.0. The van der Waals surface area contributed by atoms with Crippen LogP contribution in [0.4, 0.5) is 0 Å². The van der Waals surface area contributed by atoms with Crippen LogP contribution in [-0.2, 0) is 16.1 Å². The van der Waals surface area contributed by atoms with E-state index in [9.17, 15) is 14.4 Å². The van der Waals surface area contributed by atoms with E-state index in [1.807, 2.05) is 13.0 Å². The molecule has 8 nitrogen and oxygen atoms in total. The summed E-state index contributed by atoms with van der Waals surface area (Å²) in [5, 5.41) is 9.64. The lowest BCUT2D eigenvalue weighted by molar-refractivity contribution is -0.144. The predicted octanol–water partition coefficient (Wildman–Crippen LogP) is 1.47. The van der Waals surface area contributed by atoms with Gasteiger partial charge in [0.25, 0.3) is 5.56 Å². The molecule has 0 unspecified atom stereocenters. The summed E-state index contributed by atoms with van der Waals surface area (Å²) in [6.45, 7) is 1.46. The average molecular weight is 343 g/mol. The Morgan fingerprint density at radius 3 is 2.80 bits per heavy atom. The standard InChI is InChI=1S/C17H17N3O5/c1-2-7-19(9-14(22)23)13(21)8-20-10-18-15-11-5-3-4-6-12(11)25-16(15)17(20)24/h3-6,10H,2,7-9H2,1H3,(H,22,23). The van der Waals surface area contributed by atoms with Gasteiger partial charge in [-0.1, -0.05) is 19.1 Å². The minimum Gasteiger partial charge on any atom is -0.480 e. The van der Waals surface area contributed by atoms with Crippen LogP contribution in [0.5, 0.6) is 0 Å². The maximum absolute atomic E-state index is 12.6. The molecule has 0 saturated heterocycles. The van der Waals surface area contributed by atoms with Crippen LogP contribution in [0.3, 0.4) is 0 Å². The zero-order valence-electron chi connectivity index (χ0n) is 13.6. The summed E-state index contributed by atoms with van der Waals surface area (Å²) in [4.78, 5) is 41.3. The van der Waals surface area contributed by atoms with Gasteiger partial charge in [-0.15, -0.1) is 0 Å².